The maximum atomic E-state index is 13.2. The third kappa shape index (κ3) is 3.91. The van der Waals surface area contributed by atoms with Crippen molar-refractivity contribution in [3.05, 3.63) is 28.0 Å². The van der Waals surface area contributed by atoms with Crippen molar-refractivity contribution in [2.75, 3.05) is 45.1 Å². The summed E-state index contributed by atoms with van der Waals surface area (Å²) in [7, 11) is 0. The van der Waals surface area contributed by atoms with Crippen molar-refractivity contribution >= 4 is 27.5 Å². The summed E-state index contributed by atoms with van der Waals surface area (Å²) in [5.74, 6) is -0.807. The van der Waals surface area contributed by atoms with E-state index in [1.807, 2.05) is 0 Å². The molecule has 0 atom stereocenters. The van der Waals surface area contributed by atoms with E-state index in [0.29, 0.717) is 16.6 Å². The lowest BCUT2D eigenvalue weighted by Crippen LogP contribution is -2.41. The monoisotopic (exact) mass is 345 g/mol. The molecular formula is C13H17BrFN3O2. The first-order valence-electron chi connectivity index (χ1n) is 6.41. The van der Waals surface area contributed by atoms with Gasteiger partial charge in [-0.15, -0.1) is 0 Å². The van der Waals surface area contributed by atoms with Gasteiger partial charge in [-0.2, -0.15) is 0 Å². The minimum absolute atomic E-state index is 0.0356. The average molecular weight is 346 g/mol. The number of nitrogen functional groups attached to an aromatic ring is 1. The molecule has 5 nitrogen and oxygen atoms in total. The normalized spacial score (nSPS) is 16.1. The molecule has 20 heavy (non-hydrogen) atoms. The number of hydrogen-bond donors (Lipinski definition) is 2. The van der Waals surface area contributed by atoms with E-state index in [4.69, 9.17) is 10.5 Å². The number of ether oxygens (including phenoxy) is 1. The molecule has 0 aliphatic carbocycles. The van der Waals surface area contributed by atoms with Crippen molar-refractivity contribution in [1.82, 2.24) is 10.2 Å². The molecule has 110 valence electrons. The van der Waals surface area contributed by atoms with Crippen molar-refractivity contribution in [2.45, 2.75) is 0 Å². The Morgan fingerprint density at radius 1 is 1.45 bits per heavy atom. The zero-order valence-electron chi connectivity index (χ0n) is 11.0. The van der Waals surface area contributed by atoms with Crippen molar-refractivity contribution in [3.63, 3.8) is 0 Å². The van der Waals surface area contributed by atoms with Crippen molar-refractivity contribution in [3.8, 4) is 0 Å². The Balaban J connectivity index is 1.87. The number of rotatable bonds is 4. The van der Waals surface area contributed by atoms with Gasteiger partial charge in [0.05, 0.1) is 24.5 Å². The fourth-order valence-electron chi connectivity index (χ4n) is 1.99. The fourth-order valence-corrected chi connectivity index (χ4v) is 2.48. The van der Waals surface area contributed by atoms with Crippen LogP contribution in [-0.2, 0) is 4.74 Å². The number of nitrogens with zero attached hydrogens (tertiary/aromatic N) is 1. The topological polar surface area (TPSA) is 67.6 Å². The summed E-state index contributed by atoms with van der Waals surface area (Å²) in [5.41, 5.74) is 5.78. The molecule has 1 heterocycles. The van der Waals surface area contributed by atoms with Crippen LogP contribution in [0.2, 0.25) is 0 Å². The summed E-state index contributed by atoms with van der Waals surface area (Å²) in [5, 5.41) is 2.80. The number of benzene rings is 1. The molecule has 1 fully saturated rings. The third-order valence-corrected chi connectivity index (χ3v) is 3.80. The highest BCUT2D eigenvalue weighted by molar-refractivity contribution is 9.10. The van der Waals surface area contributed by atoms with Gasteiger partial charge in [0, 0.05) is 30.7 Å². The summed E-state index contributed by atoms with van der Waals surface area (Å²) in [6.07, 6.45) is 0. The minimum Gasteiger partial charge on any atom is -0.396 e. The van der Waals surface area contributed by atoms with Crippen molar-refractivity contribution in [2.24, 2.45) is 0 Å². The van der Waals surface area contributed by atoms with Crippen LogP contribution in [0.1, 0.15) is 10.4 Å². The van der Waals surface area contributed by atoms with Gasteiger partial charge in [-0.1, -0.05) is 0 Å². The Hall–Kier alpha value is -1.18. The molecule has 0 bridgehead atoms. The molecule has 7 heteroatoms. The molecule has 3 N–H and O–H groups in total. The molecule has 1 aliphatic rings. The first-order chi connectivity index (χ1) is 9.58. The number of amides is 1. The van der Waals surface area contributed by atoms with Gasteiger partial charge in [0.25, 0.3) is 5.91 Å². The lowest BCUT2D eigenvalue weighted by Gasteiger charge is -2.26. The van der Waals surface area contributed by atoms with Crippen LogP contribution >= 0.6 is 15.9 Å². The molecule has 1 amide bonds. The summed E-state index contributed by atoms with van der Waals surface area (Å²) in [6.45, 7) is 4.51. The summed E-state index contributed by atoms with van der Waals surface area (Å²) in [4.78, 5) is 14.2. The third-order valence-electron chi connectivity index (χ3n) is 3.15. The van der Waals surface area contributed by atoms with Gasteiger partial charge in [-0.25, -0.2) is 4.39 Å². The van der Waals surface area contributed by atoms with E-state index in [1.165, 1.54) is 12.1 Å². The minimum atomic E-state index is -0.540. The zero-order chi connectivity index (χ0) is 14.5. The van der Waals surface area contributed by atoms with Crippen LogP contribution in [0, 0.1) is 5.82 Å². The highest BCUT2D eigenvalue weighted by atomic mass is 79.9. The van der Waals surface area contributed by atoms with Crippen LogP contribution in [0.25, 0.3) is 0 Å². The van der Waals surface area contributed by atoms with Crippen LogP contribution in [0.5, 0.6) is 0 Å². The van der Waals surface area contributed by atoms with E-state index in [1.54, 1.807) is 0 Å². The molecule has 1 aromatic rings. The Bertz CT molecular complexity index is 493. The van der Waals surface area contributed by atoms with Gasteiger partial charge in [0.1, 0.15) is 5.82 Å². The Morgan fingerprint density at radius 2 is 2.15 bits per heavy atom. The highest BCUT2D eigenvalue weighted by Crippen LogP contribution is 2.22. The van der Waals surface area contributed by atoms with Crippen LogP contribution in [0.3, 0.4) is 0 Å². The smallest absolute Gasteiger partial charge is 0.252 e. The van der Waals surface area contributed by atoms with Crippen molar-refractivity contribution < 1.29 is 13.9 Å². The number of halogens is 2. The predicted molar refractivity (Wildman–Crippen MR) is 78.1 cm³/mol. The number of nitrogens with one attached hydrogen (secondary N) is 1. The first-order valence-corrected chi connectivity index (χ1v) is 7.20. The Labute approximate surface area is 125 Å². The van der Waals surface area contributed by atoms with Gasteiger partial charge in [0.2, 0.25) is 0 Å². The van der Waals surface area contributed by atoms with E-state index in [0.717, 1.165) is 32.8 Å². The summed E-state index contributed by atoms with van der Waals surface area (Å²) < 4.78 is 18.9. The molecule has 2 rings (SSSR count). The van der Waals surface area contributed by atoms with Crippen molar-refractivity contribution in [1.29, 1.82) is 0 Å². The lowest BCUT2D eigenvalue weighted by atomic mass is 10.2. The van der Waals surface area contributed by atoms with E-state index in [9.17, 15) is 9.18 Å². The first kappa shape index (κ1) is 15.2. The number of nitrogens with two attached hydrogens (primary N) is 1. The molecule has 0 spiro atoms. The van der Waals surface area contributed by atoms with Crippen LogP contribution in [0.4, 0.5) is 10.1 Å². The van der Waals surface area contributed by atoms with Gasteiger partial charge in [-0.05, 0) is 28.1 Å². The maximum absolute atomic E-state index is 13.2. The second-order valence-electron chi connectivity index (χ2n) is 4.56. The predicted octanol–water partition coefficient (Wildman–Crippen LogP) is 1.23. The molecule has 0 unspecified atom stereocenters. The number of carbonyl (C=O) groups is 1. The quantitative estimate of drug-likeness (QED) is 0.805. The number of hydrogen-bond acceptors (Lipinski definition) is 4. The van der Waals surface area contributed by atoms with Gasteiger partial charge in [0.15, 0.2) is 0 Å². The standard InChI is InChI=1S/C13H17BrFN3O2/c14-10-8-11(15)12(16)7-9(10)13(19)17-1-2-18-3-5-20-6-4-18/h7-8H,1-6,16H2,(H,17,19). The second kappa shape index (κ2) is 7.01. The molecule has 1 saturated heterocycles. The van der Waals surface area contributed by atoms with Crippen LogP contribution in [0.15, 0.2) is 16.6 Å². The molecular weight excluding hydrogens is 329 g/mol. The number of morpholine rings is 1. The molecule has 0 saturated carbocycles. The van der Waals surface area contributed by atoms with Gasteiger partial charge < -0.3 is 15.8 Å². The number of carbonyl (C=O) groups excluding carboxylic acids is 1. The largest absolute Gasteiger partial charge is 0.396 e. The summed E-state index contributed by atoms with van der Waals surface area (Å²) >= 11 is 3.17. The lowest BCUT2D eigenvalue weighted by molar-refractivity contribution is 0.0383. The molecule has 0 aromatic heterocycles. The molecule has 0 radical (unpaired) electrons. The second-order valence-corrected chi connectivity index (χ2v) is 5.42. The van der Waals surface area contributed by atoms with Gasteiger partial charge >= 0.3 is 0 Å². The van der Waals surface area contributed by atoms with Crippen LogP contribution in [-0.4, -0.2) is 50.2 Å². The van der Waals surface area contributed by atoms with E-state index >= 15 is 0 Å². The Kier molecular flexibility index (Phi) is 5.33. The molecule has 1 aromatic carbocycles. The maximum Gasteiger partial charge on any atom is 0.252 e. The highest BCUT2D eigenvalue weighted by Gasteiger charge is 2.14. The van der Waals surface area contributed by atoms with Gasteiger partial charge in [-0.3, -0.25) is 9.69 Å². The summed E-state index contributed by atoms with van der Waals surface area (Å²) in [6, 6.07) is 2.54. The van der Waals surface area contributed by atoms with Crippen LogP contribution < -0.4 is 11.1 Å². The number of anilines is 1. The SMILES string of the molecule is Nc1cc(C(=O)NCCN2CCOCC2)c(Br)cc1F. The van der Waals surface area contributed by atoms with E-state index < -0.39 is 5.82 Å². The van der Waals surface area contributed by atoms with E-state index in [-0.39, 0.29) is 11.6 Å². The van der Waals surface area contributed by atoms with E-state index in [2.05, 4.69) is 26.1 Å². The average Bonchev–Trinajstić information content (AvgIpc) is 2.44. The fraction of sp³-hybridized carbons (Fsp3) is 0.462. The zero-order valence-corrected chi connectivity index (χ0v) is 12.6. The molecule has 1 aliphatic heterocycles. The Morgan fingerprint density at radius 3 is 2.85 bits per heavy atom.